The first kappa shape index (κ1) is 15.3. The van der Waals surface area contributed by atoms with Gasteiger partial charge >= 0.3 is 12.4 Å². The van der Waals surface area contributed by atoms with Gasteiger partial charge in [-0.15, -0.1) is 0 Å². The Labute approximate surface area is 104 Å². The second kappa shape index (κ2) is 5.50. The fourth-order valence-electron chi connectivity index (χ4n) is 1.31. The Hall–Kier alpha value is -1.73. The van der Waals surface area contributed by atoms with Crippen molar-refractivity contribution in [1.82, 2.24) is 0 Å². The maximum Gasteiger partial charge on any atom is 0.418 e. The van der Waals surface area contributed by atoms with E-state index >= 15 is 0 Å². The lowest BCUT2D eigenvalue weighted by Gasteiger charge is -2.13. The van der Waals surface area contributed by atoms with E-state index in [4.69, 9.17) is 0 Å². The van der Waals surface area contributed by atoms with Gasteiger partial charge in [-0.25, -0.2) is 0 Å². The van der Waals surface area contributed by atoms with Crippen molar-refractivity contribution in [1.29, 1.82) is 0 Å². The van der Waals surface area contributed by atoms with Crippen LogP contribution in [0.4, 0.5) is 32.0 Å². The van der Waals surface area contributed by atoms with Gasteiger partial charge in [0, 0.05) is 6.42 Å². The topological polar surface area (TPSA) is 29.1 Å². The van der Waals surface area contributed by atoms with Crippen LogP contribution in [0.3, 0.4) is 0 Å². The van der Waals surface area contributed by atoms with E-state index in [-0.39, 0.29) is 0 Å². The summed E-state index contributed by atoms with van der Waals surface area (Å²) in [4.78, 5) is 11.2. The molecule has 1 rings (SSSR count). The molecule has 0 radical (unpaired) electrons. The van der Waals surface area contributed by atoms with E-state index in [9.17, 15) is 31.1 Å². The normalized spacial score (nSPS) is 12.3. The molecule has 1 N–H and O–H groups in total. The zero-order valence-electron chi connectivity index (χ0n) is 9.40. The molecule has 0 aromatic heterocycles. The summed E-state index contributed by atoms with van der Waals surface area (Å²) in [6.45, 7) is 0. The molecule has 0 aliphatic heterocycles. The fourth-order valence-corrected chi connectivity index (χ4v) is 1.31. The molecule has 1 aromatic carbocycles. The minimum absolute atomic E-state index is 0.554. The largest absolute Gasteiger partial charge is 0.418 e. The number of para-hydroxylation sites is 1. The highest BCUT2D eigenvalue weighted by molar-refractivity contribution is 5.91. The van der Waals surface area contributed by atoms with E-state index < -0.39 is 42.4 Å². The molecule has 0 saturated carbocycles. The van der Waals surface area contributed by atoms with Crippen molar-refractivity contribution in [3.05, 3.63) is 29.8 Å². The van der Waals surface area contributed by atoms with Gasteiger partial charge in [0.2, 0.25) is 5.91 Å². The van der Waals surface area contributed by atoms with E-state index in [2.05, 4.69) is 0 Å². The molecule has 0 bridgehead atoms. The average Bonchev–Trinajstić information content (AvgIpc) is 2.25. The smallest absolute Gasteiger partial charge is 0.326 e. The number of rotatable bonds is 3. The second-order valence-corrected chi connectivity index (χ2v) is 3.71. The van der Waals surface area contributed by atoms with Gasteiger partial charge in [0.15, 0.2) is 0 Å². The lowest BCUT2D eigenvalue weighted by atomic mass is 10.1. The Kier molecular flexibility index (Phi) is 4.43. The summed E-state index contributed by atoms with van der Waals surface area (Å²) in [7, 11) is 0. The Bertz CT molecular complexity index is 451. The number of carbonyl (C=O) groups excluding carboxylic acids is 1. The fraction of sp³-hybridized carbons (Fsp3) is 0.364. The number of amides is 1. The number of nitrogens with one attached hydrogen (secondary N) is 1. The molecule has 2 nitrogen and oxygen atoms in total. The number of carbonyl (C=O) groups is 1. The summed E-state index contributed by atoms with van der Waals surface area (Å²) >= 11 is 0. The Balaban J connectivity index is 2.75. The van der Waals surface area contributed by atoms with Gasteiger partial charge in [0.1, 0.15) is 0 Å². The van der Waals surface area contributed by atoms with E-state index in [1.54, 1.807) is 0 Å². The van der Waals surface area contributed by atoms with Crippen LogP contribution in [-0.4, -0.2) is 12.1 Å². The predicted molar refractivity (Wildman–Crippen MR) is 55.4 cm³/mol. The van der Waals surface area contributed by atoms with Gasteiger partial charge < -0.3 is 5.32 Å². The van der Waals surface area contributed by atoms with Crippen molar-refractivity contribution in [2.75, 3.05) is 5.32 Å². The molecule has 0 saturated heterocycles. The lowest BCUT2D eigenvalue weighted by Crippen LogP contribution is -2.19. The van der Waals surface area contributed by atoms with Crippen LogP contribution in [0.15, 0.2) is 24.3 Å². The van der Waals surface area contributed by atoms with Crippen molar-refractivity contribution >= 4 is 11.6 Å². The summed E-state index contributed by atoms with van der Waals surface area (Å²) in [5.41, 5.74) is -1.66. The molecule has 106 valence electrons. The van der Waals surface area contributed by atoms with Crippen LogP contribution in [0, 0.1) is 0 Å². The highest BCUT2D eigenvalue weighted by atomic mass is 19.4. The Morgan fingerprint density at radius 1 is 1.05 bits per heavy atom. The zero-order chi connectivity index (χ0) is 14.7. The molecular weight excluding hydrogens is 276 g/mol. The van der Waals surface area contributed by atoms with Crippen molar-refractivity contribution < 1.29 is 31.1 Å². The third-order valence-corrected chi connectivity index (χ3v) is 2.14. The van der Waals surface area contributed by atoms with Crippen LogP contribution in [0.5, 0.6) is 0 Å². The molecule has 19 heavy (non-hydrogen) atoms. The lowest BCUT2D eigenvalue weighted by molar-refractivity contribution is -0.142. The quantitative estimate of drug-likeness (QED) is 0.836. The van der Waals surface area contributed by atoms with E-state index in [1.165, 1.54) is 6.07 Å². The molecule has 0 atom stereocenters. The zero-order valence-corrected chi connectivity index (χ0v) is 9.40. The molecule has 0 aliphatic carbocycles. The van der Waals surface area contributed by atoms with Gasteiger partial charge in [0.25, 0.3) is 0 Å². The number of hydrogen-bond acceptors (Lipinski definition) is 1. The number of benzene rings is 1. The number of anilines is 1. The average molecular weight is 285 g/mol. The van der Waals surface area contributed by atoms with Crippen LogP contribution < -0.4 is 5.32 Å². The van der Waals surface area contributed by atoms with Crippen LogP contribution in [0.25, 0.3) is 0 Å². The molecule has 0 heterocycles. The number of halogens is 6. The Morgan fingerprint density at radius 3 is 2.16 bits per heavy atom. The highest BCUT2D eigenvalue weighted by Gasteiger charge is 2.34. The molecule has 0 aliphatic rings. The molecule has 1 aromatic rings. The minimum Gasteiger partial charge on any atom is -0.326 e. The van der Waals surface area contributed by atoms with E-state index in [0.29, 0.717) is 0 Å². The van der Waals surface area contributed by atoms with Gasteiger partial charge in [0.05, 0.1) is 17.7 Å². The second-order valence-electron chi connectivity index (χ2n) is 3.71. The SMILES string of the molecule is O=C(CCC(F)(F)F)Nc1ccccc1C(F)(F)F. The van der Waals surface area contributed by atoms with Crippen molar-refractivity contribution in [2.24, 2.45) is 0 Å². The first-order chi connectivity index (χ1) is 8.59. The molecule has 1 amide bonds. The monoisotopic (exact) mass is 285 g/mol. The highest BCUT2D eigenvalue weighted by Crippen LogP contribution is 2.34. The van der Waals surface area contributed by atoms with Crippen LogP contribution in [0.1, 0.15) is 18.4 Å². The third-order valence-electron chi connectivity index (χ3n) is 2.14. The van der Waals surface area contributed by atoms with Crippen molar-refractivity contribution in [3.8, 4) is 0 Å². The standard InChI is InChI=1S/C11H9F6NO/c12-10(13,14)6-5-9(19)18-8-4-2-1-3-7(8)11(15,16)17/h1-4H,5-6H2,(H,18,19). The summed E-state index contributed by atoms with van der Waals surface area (Å²) in [6.07, 6.45) is -11.5. The van der Waals surface area contributed by atoms with Gasteiger partial charge in [-0.2, -0.15) is 26.3 Å². The first-order valence-corrected chi connectivity index (χ1v) is 5.12. The summed E-state index contributed by atoms with van der Waals surface area (Å²) in [6, 6.07) is 4.08. The molecular formula is C11H9F6NO. The molecule has 8 heteroatoms. The Morgan fingerprint density at radius 2 is 1.63 bits per heavy atom. The molecule has 0 spiro atoms. The van der Waals surface area contributed by atoms with Gasteiger partial charge in [-0.3, -0.25) is 4.79 Å². The number of hydrogen-bond donors (Lipinski definition) is 1. The first-order valence-electron chi connectivity index (χ1n) is 5.12. The maximum atomic E-state index is 12.5. The molecule has 0 fully saturated rings. The summed E-state index contributed by atoms with van der Waals surface area (Å²) in [5.74, 6) is -1.12. The van der Waals surface area contributed by atoms with E-state index in [0.717, 1.165) is 18.2 Å². The third kappa shape index (κ3) is 5.19. The van der Waals surface area contributed by atoms with Crippen LogP contribution in [-0.2, 0) is 11.0 Å². The molecule has 0 unspecified atom stereocenters. The van der Waals surface area contributed by atoms with Gasteiger partial charge in [-0.05, 0) is 12.1 Å². The van der Waals surface area contributed by atoms with E-state index in [1.807, 2.05) is 5.32 Å². The van der Waals surface area contributed by atoms with Gasteiger partial charge in [-0.1, -0.05) is 12.1 Å². The van der Waals surface area contributed by atoms with Crippen LogP contribution >= 0.6 is 0 Å². The van der Waals surface area contributed by atoms with Crippen molar-refractivity contribution in [3.63, 3.8) is 0 Å². The summed E-state index contributed by atoms with van der Waals surface area (Å²) < 4.78 is 73.2. The maximum absolute atomic E-state index is 12.5. The number of alkyl halides is 6. The van der Waals surface area contributed by atoms with Crippen LogP contribution in [0.2, 0.25) is 0 Å². The van der Waals surface area contributed by atoms with Crippen molar-refractivity contribution in [2.45, 2.75) is 25.2 Å². The minimum atomic E-state index is -4.69. The predicted octanol–water partition coefficient (Wildman–Crippen LogP) is 3.99. The summed E-state index contributed by atoms with van der Waals surface area (Å²) in [5, 5.41) is 1.83.